The standard InChI is InChI=1S/C11H14N2O2S/c1-9(7-10-3-2-5-15-10)13-11(14)8-16-6-4-12/h2-3,5,9H,6-8H2,1H3,(H,13,14)/t9-/m1/s1. The van der Waals surface area contributed by atoms with Crippen LogP contribution in [0.3, 0.4) is 0 Å². The predicted molar refractivity (Wildman–Crippen MR) is 63.0 cm³/mol. The Morgan fingerprint density at radius 1 is 1.75 bits per heavy atom. The fourth-order valence-electron chi connectivity index (χ4n) is 1.29. The number of nitriles is 1. The van der Waals surface area contributed by atoms with Crippen LogP contribution in [0.25, 0.3) is 0 Å². The minimum Gasteiger partial charge on any atom is -0.469 e. The van der Waals surface area contributed by atoms with Crippen LogP contribution < -0.4 is 5.32 Å². The molecule has 1 amide bonds. The molecule has 0 saturated heterocycles. The van der Waals surface area contributed by atoms with Crippen molar-refractivity contribution in [3.8, 4) is 6.07 Å². The molecule has 0 aliphatic rings. The van der Waals surface area contributed by atoms with Crippen molar-refractivity contribution in [1.29, 1.82) is 5.26 Å². The topological polar surface area (TPSA) is 66.0 Å². The Hall–Kier alpha value is -1.41. The molecule has 0 spiro atoms. The van der Waals surface area contributed by atoms with Gasteiger partial charge in [0.1, 0.15) is 5.76 Å². The Morgan fingerprint density at radius 2 is 2.56 bits per heavy atom. The van der Waals surface area contributed by atoms with Crippen LogP contribution in [0.4, 0.5) is 0 Å². The molecular formula is C11H14N2O2S. The second-order valence-corrected chi connectivity index (χ2v) is 4.39. The lowest BCUT2D eigenvalue weighted by Gasteiger charge is -2.11. The molecule has 0 fully saturated rings. The summed E-state index contributed by atoms with van der Waals surface area (Å²) in [4.78, 5) is 11.4. The van der Waals surface area contributed by atoms with Crippen LogP contribution in [0, 0.1) is 11.3 Å². The van der Waals surface area contributed by atoms with Gasteiger partial charge in [-0.05, 0) is 19.1 Å². The molecule has 4 nitrogen and oxygen atoms in total. The van der Waals surface area contributed by atoms with E-state index in [4.69, 9.17) is 9.68 Å². The zero-order valence-corrected chi connectivity index (χ0v) is 9.92. The summed E-state index contributed by atoms with van der Waals surface area (Å²) in [5.74, 6) is 1.49. The van der Waals surface area contributed by atoms with Crippen molar-refractivity contribution in [3.63, 3.8) is 0 Å². The molecule has 0 aliphatic heterocycles. The SMILES string of the molecule is C[C@H](Cc1ccco1)NC(=O)CSCC#N. The van der Waals surface area contributed by atoms with Gasteiger partial charge in [0.05, 0.1) is 23.8 Å². The van der Waals surface area contributed by atoms with E-state index >= 15 is 0 Å². The van der Waals surface area contributed by atoms with Crippen LogP contribution in [0.2, 0.25) is 0 Å². The molecule has 1 heterocycles. The van der Waals surface area contributed by atoms with Gasteiger partial charge in [0.2, 0.25) is 5.91 Å². The fourth-order valence-corrected chi connectivity index (χ4v) is 1.75. The normalized spacial score (nSPS) is 11.8. The van der Waals surface area contributed by atoms with Crippen LogP contribution >= 0.6 is 11.8 Å². The molecule has 0 aromatic carbocycles. The average molecular weight is 238 g/mol. The molecule has 1 rings (SSSR count). The summed E-state index contributed by atoms with van der Waals surface area (Å²) in [6.07, 6.45) is 2.30. The smallest absolute Gasteiger partial charge is 0.230 e. The van der Waals surface area contributed by atoms with Crippen LogP contribution in [0.5, 0.6) is 0 Å². The lowest BCUT2D eigenvalue weighted by atomic mass is 10.2. The first kappa shape index (κ1) is 12.7. The molecule has 0 saturated carbocycles. The largest absolute Gasteiger partial charge is 0.469 e. The molecule has 1 atom stereocenters. The Bertz CT molecular complexity index is 357. The van der Waals surface area contributed by atoms with Gasteiger partial charge >= 0.3 is 0 Å². The van der Waals surface area contributed by atoms with Gasteiger partial charge in [-0.2, -0.15) is 5.26 Å². The minimum atomic E-state index is -0.0423. The molecule has 0 bridgehead atoms. The van der Waals surface area contributed by atoms with Crippen LogP contribution in [0.15, 0.2) is 22.8 Å². The van der Waals surface area contributed by atoms with Crippen molar-refractivity contribution in [3.05, 3.63) is 24.2 Å². The number of hydrogen-bond acceptors (Lipinski definition) is 4. The Kier molecular flexibility index (Phi) is 5.51. The summed E-state index contributed by atoms with van der Waals surface area (Å²) in [5.41, 5.74) is 0. The van der Waals surface area contributed by atoms with Crippen LogP contribution in [-0.2, 0) is 11.2 Å². The number of thioether (sulfide) groups is 1. The highest BCUT2D eigenvalue weighted by Crippen LogP contribution is 2.04. The summed E-state index contributed by atoms with van der Waals surface area (Å²) in [7, 11) is 0. The van der Waals surface area contributed by atoms with Crippen molar-refractivity contribution < 1.29 is 9.21 Å². The van der Waals surface area contributed by atoms with Crippen molar-refractivity contribution in [2.75, 3.05) is 11.5 Å². The number of rotatable bonds is 6. The maximum atomic E-state index is 11.4. The zero-order valence-electron chi connectivity index (χ0n) is 9.10. The first-order valence-electron chi connectivity index (χ1n) is 4.99. The summed E-state index contributed by atoms with van der Waals surface area (Å²) in [6, 6.07) is 5.73. The first-order chi connectivity index (χ1) is 7.72. The summed E-state index contributed by atoms with van der Waals surface area (Å²) >= 11 is 1.31. The van der Waals surface area contributed by atoms with E-state index in [2.05, 4.69) is 5.32 Å². The third-order valence-corrected chi connectivity index (χ3v) is 2.69. The summed E-state index contributed by atoms with van der Waals surface area (Å²) < 4.78 is 5.18. The summed E-state index contributed by atoms with van der Waals surface area (Å²) in [5, 5.41) is 11.2. The highest BCUT2D eigenvalue weighted by Gasteiger charge is 2.09. The maximum absolute atomic E-state index is 11.4. The van der Waals surface area contributed by atoms with Gasteiger partial charge in [0.15, 0.2) is 0 Å². The van der Waals surface area contributed by atoms with Crippen LogP contribution in [-0.4, -0.2) is 23.5 Å². The predicted octanol–water partition coefficient (Wildman–Crippen LogP) is 1.58. The number of nitrogens with one attached hydrogen (secondary N) is 1. The van der Waals surface area contributed by atoms with E-state index in [0.717, 1.165) is 5.76 Å². The van der Waals surface area contributed by atoms with Crippen molar-refractivity contribution in [2.24, 2.45) is 0 Å². The number of amides is 1. The molecule has 1 aromatic rings. The molecule has 86 valence electrons. The number of furan rings is 1. The van der Waals surface area contributed by atoms with E-state index in [-0.39, 0.29) is 11.9 Å². The van der Waals surface area contributed by atoms with Crippen molar-refractivity contribution in [1.82, 2.24) is 5.32 Å². The number of hydrogen-bond donors (Lipinski definition) is 1. The fraction of sp³-hybridized carbons (Fsp3) is 0.455. The van der Waals surface area contributed by atoms with Crippen molar-refractivity contribution in [2.45, 2.75) is 19.4 Å². The van der Waals surface area contributed by atoms with Gasteiger partial charge in [-0.3, -0.25) is 4.79 Å². The van der Waals surface area contributed by atoms with Crippen molar-refractivity contribution >= 4 is 17.7 Å². The lowest BCUT2D eigenvalue weighted by Crippen LogP contribution is -2.35. The van der Waals surface area contributed by atoms with Gasteiger partial charge in [-0.1, -0.05) is 0 Å². The third-order valence-electron chi connectivity index (χ3n) is 1.89. The molecule has 0 unspecified atom stereocenters. The number of nitrogens with zero attached hydrogens (tertiary/aromatic N) is 1. The van der Waals surface area contributed by atoms with Gasteiger partial charge in [-0.15, -0.1) is 11.8 Å². The van der Waals surface area contributed by atoms with Gasteiger partial charge in [0, 0.05) is 12.5 Å². The van der Waals surface area contributed by atoms with Gasteiger partial charge in [-0.25, -0.2) is 0 Å². The van der Waals surface area contributed by atoms with Crippen LogP contribution in [0.1, 0.15) is 12.7 Å². The highest BCUT2D eigenvalue weighted by molar-refractivity contribution is 8.00. The Balaban J connectivity index is 2.21. The second kappa shape index (κ2) is 6.96. The minimum absolute atomic E-state index is 0.0423. The lowest BCUT2D eigenvalue weighted by molar-refractivity contribution is -0.119. The average Bonchev–Trinajstić information content (AvgIpc) is 2.70. The zero-order chi connectivity index (χ0) is 11.8. The number of carbonyl (C=O) groups excluding carboxylic acids is 1. The van der Waals surface area contributed by atoms with E-state index in [1.54, 1.807) is 6.26 Å². The van der Waals surface area contributed by atoms with Gasteiger partial charge in [0.25, 0.3) is 0 Å². The van der Waals surface area contributed by atoms with Gasteiger partial charge < -0.3 is 9.73 Å². The third kappa shape index (κ3) is 4.89. The Morgan fingerprint density at radius 3 is 3.19 bits per heavy atom. The van der Waals surface area contributed by atoms with E-state index < -0.39 is 0 Å². The molecule has 1 aromatic heterocycles. The highest BCUT2D eigenvalue weighted by atomic mass is 32.2. The molecule has 0 aliphatic carbocycles. The molecular weight excluding hydrogens is 224 g/mol. The second-order valence-electron chi connectivity index (χ2n) is 3.40. The molecule has 5 heteroatoms. The van der Waals surface area contributed by atoms with E-state index in [0.29, 0.717) is 17.9 Å². The molecule has 16 heavy (non-hydrogen) atoms. The maximum Gasteiger partial charge on any atom is 0.230 e. The van der Waals surface area contributed by atoms with E-state index in [9.17, 15) is 4.79 Å². The Labute approximate surface area is 99.0 Å². The monoisotopic (exact) mass is 238 g/mol. The van der Waals surface area contributed by atoms with E-state index in [1.807, 2.05) is 25.1 Å². The molecule has 1 N–H and O–H groups in total. The quantitative estimate of drug-likeness (QED) is 0.764. The number of carbonyl (C=O) groups is 1. The summed E-state index contributed by atoms with van der Waals surface area (Å²) in [6.45, 7) is 1.93. The van der Waals surface area contributed by atoms with E-state index in [1.165, 1.54) is 11.8 Å². The first-order valence-corrected chi connectivity index (χ1v) is 6.14. The molecule has 0 radical (unpaired) electrons.